The zero-order valence-corrected chi connectivity index (χ0v) is 12.4. The number of nitrogens with one attached hydrogen (secondary N) is 1. The molecule has 0 atom stereocenters. The Balaban J connectivity index is 1.73. The molecule has 2 aromatic carbocycles. The second-order valence-corrected chi connectivity index (χ2v) is 5.22. The van der Waals surface area contributed by atoms with Gasteiger partial charge >= 0.3 is 0 Å². The van der Waals surface area contributed by atoms with Crippen LogP contribution in [-0.2, 0) is 17.8 Å². The van der Waals surface area contributed by atoms with E-state index < -0.39 is 0 Å². The van der Waals surface area contributed by atoms with Gasteiger partial charge in [0, 0.05) is 16.8 Å². The second-order valence-electron chi connectivity index (χ2n) is 5.22. The largest absolute Gasteiger partial charge is 0.399 e. The van der Waals surface area contributed by atoms with E-state index in [0.29, 0.717) is 5.69 Å². The number of carbonyl (C=O) groups excluding carboxylic acids is 1. The van der Waals surface area contributed by atoms with Crippen molar-refractivity contribution in [3.63, 3.8) is 0 Å². The van der Waals surface area contributed by atoms with Gasteiger partial charge in [0.2, 0.25) is 5.91 Å². The lowest BCUT2D eigenvalue weighted by molar-refractivity contribution is -0.116. The summed E-state index contributed by atoms with van der Waals surface area (Å²) in [5.41, 5.74) is 9.34. The minimum Gasteiger partial charge on any atom is -0.399 e. The summed E-state index contributed by atoms with van der Waals surface area (Å²) < 4.78 is 1.65. The Hall–Kier alpha value is -2.82. The van der Waals surface area contributed by atoms with Crippen molar-refractivity contribution in [1.82, 2.24) is 9.78 Å². The normalized spacial score (nSPS) is 10.8. The first-order valence-corrected chi connectivity index (χ1v) is 7.25. The Kier molecular flexibility index (Phi) is 3.78. The van der Waals surface area contributed by atoms with E-state index in [1.807, 2.05) is 42.5 Å². The fourth-order valence-corrected chi connectivity index (χ4v) is 2.37. The molecule has 0 saturated carbocycles. The number of hydrogen-bond donors (Lipinski definition) is 2. The number of amides is 1. The van der Waals surface area contributed by atoms with Gasteiger partial charge in [0.15, 0.2) is 0 Å². The predicted molar refractivity (Wildman–Crippen MR) is 88.6 cm³/mol. The smallest absolute Gasteiger partial charge is 0.246 e. The molecule has 0 unspecified atom stereocenters. The third kappa shape index (κ3) is 2.93. The minimum atomic E-state index is -0.114. The summed E-state index contributed by atoms with van der Waals surface area (Å²) in [5, 5.41) is 8.09. The van der Waals surface area contributed by atoms with Gasteiger partial charge in [-0.1, -0.05) is 19.1 Å². The summed E-state index contributed by atoms with van der Waals surface area (Å²) >= 11 is 0. The maximum absolute atomic E-state index is 12.2. The van der Waals surface area contributed by atoms with Crippen LogP contribution in [0.2, 0.25) is 0 Å². The lowest BCUT2D eigenvalue weighted by Crippen LogP contribution is -2.19. The number of nitrogens with zero attached hydrogens (tertiary/aromatic N) is 2. The number of fused-ring (bicyclic) bond motifs is 1. The lowest BCUT2D eigenvalue weighted by Gasteiger charge is -2.07. The zero-order valence-electron chi connectivity index (χ0n) is 12.4. The molecule has 0 aliphatic heterocycles. The molecule has 3 rings (SSSR count). The van der Waals surface area contributed by atoms with Crippen LogP contribution in [0.15, 0.2) is 48.7 Å². The number of hydrogen-bond acceptors (Lipinski definition) is 3. The van der Waals surface area contributed by atoms with Crippen molar-refractivity contribution >= 4 is 28.2 Å². The Labute approximate surface area is 128 Å². The Bertz CT molecular complexity index is 805. The fraction of sp³-hybridized carbons (Fsp3) is 0.176. The van der Waals surface area contributed by atoms with Gasteiger partial charge in [-0.05, 0) is 42.3 Å². The van der Waals surface area contributed by atoms with Crippen molar-refractivity contribution in [2.75, 3.05) is 11.1 Å². The molecular formula is C17H18N4O. The van der Waals surface area contributed by atoms with E-state index in [0.717, 1.165) is 23.0 Å². The van der Waals surface area contributed by atoms with Crippen LogP contribution in [0, 0.1) is 0 Å². The molecule has 0 saturated heterocycles. The summed E-state index contributed by atoms with van der Waals surface area (Å²) in [6.07, 6.45) is 2.72. The van der Waals surface area contributed by atoms with E-state index in [9.17, 15) is 4.79 Å². The highest BCUT2D eigenvalue weighted by Crippen LogP contribution is 2.17. The van der Waals surface area contributed by atoms with E-state index in [2.05, 4.69) is 17.3 Å². The van der Waals surface area contributed by atoms with Crippen LogP contribution in [0.3, 0.4) is 0 Å². The number of nitrogen functional groups attached to an aromatic ring is 1. The molecule has 1 amide bonds. The zero-order chi connectivity index (χ0) is 15.5. The van der Waals surface area contributed by atoms with Crippen molar-refractivity contribution in [3.05, 3.63) is 54.2 Å². The maximum atomic E-state index is 12.2. The molecule has 0 fully saturated rings. The first kappa shape index (κ1) is 14.1. The number of aryl methyl sites for hydroxylation is 1. The van der Waals surface area contributed by atoms with E-state index in [1.54, 1.807) is 10.9 Å². The number of carbonyl (C=O) groups is 1. The highest BCUT2D eigenvalue weighted by molar-refractivity contribution is 5.92. The quantitative estimate of drug-likeness (QED) is 0.727. The molecular weight excluding hydrogens is 276 g/mol. The van der Waals surface area contributed by atoms with Gasteiger partial charge in [0.1, 0.15) is 6.54 Å². The molecule has 0 aliphatic carbocycles. The fourth-order valence-electron chi connectivity index (χ4n) is 2.37. The average molecular weight is 294 g/mol. The van der Waals surface area contributed by atoms with Crippen molar-refractivity contribution in [2.24, 2.45) is 0 Å². The van der Waals surface area contributed by atoms with Gasteiger partial charge in [-0.3, -0.25) is 9.48 Å². The number of benzene rings is 2. The maximum Gasteiger partial charge on any atom is 0.246 e. The van der Waals surface area contributed by atoms with Crippen LogP contribution in [0.1, 0.15) is 12.5 Å². The number of aromatic nitrogens is 2. The highest BCUT2D eigenvalue weighted by atomic mass is 16.2. The van der Waals surface area contributed by atoms with Gasteiger partial charge < -0.3 is 11.1 Å². The summed E-state index contributed by atoms with van der Waals surface area (Å²) in [6, 6.07) is 13.4. The number of anilines is 2. The van der Waals surface area contributed by atoms with E-state index >= 15 is 0 Å². The van der Waals surface area contributed by atoms with Gasteiger partial charge in [-0.15, -0.1) is 0 Å². The molecule has 5 nitrogen and oxygen atoms in total. The van der Waals surface area contributed by atoms with Crippen molar-refractivity contribution < 1.29 is 4.79 Å². The lowest BCUT2D eigenvalue weighted by atomic mass is 10.1. The van der Waals surface area contributed by atoms with Gasteiger partial charge in [0.25, 0.3) is 0 Å². The molecule has 0 aliphatic rings. The van der Waals surface area contributed by atoms with Crippen molar-refractivity contribution in [1.29, 1.82) is 0 Å². The van der Waals surface area contributed by atoms with E-state index in [4.69, 9.17) is 5.73 Å². The van der Waals surface area contributed by atoms with Crippen LogP contribution in [-0.4, -0.2) is 15.7 Å². The Morgan fingerprint density at radius 1 is 1.23 bits per heavy atom. The number of rotatable bonds is 4. The third-order valence-corrected chi connectivity index (χ3v) is 3.61. The summed E-state index contributed by atoms with van der Waals surface area (Å²) in [5.74, 6) is -0.114. The SMILES string of the molecule is CCc1ccc(NC(=O)Cn2ncc3ccc(N)cc32)cc1. The number of nitrogens with two attached hydrogens (primary N) is 1. The third-order valence-electron chi connectivity index (χ3n) is 3.61. The average Bonchev–Trinajstić information content (AvgIpc) is 2.90. The molecule has 1 heterocycles. The molecule has 1 aromatic heterocycles. The van der Waals surface area contributed by atoms with E-state index in [-0.39, 0.29) is 12.5 Å². The van der Waals surface area contributed by atoms with Gasteiger partial charge in [-0.25, -0.2) is 0 Å². The molecule has 3 aromatic rings. The minimum absolute atomic E-state index is 0.114. The Morgan fingerprint density at radius 3 is 2.73 bits per heavy atom. The molecule has 112 valence electrons. The van der Waals surface area contributed by atoms with Crippen molar-refractivity contribution in [2.45, 2.75) is 19.9 Å². The predicted octanol–water partition coefficient (Wildman–Crippen LogP) is 2.82. The van der Waals surface area contributed by atoms with E-state index in [1.165, 1.54) is 5.56 Å². The van der Waals surface area contributed by atoms with Crippen LogP contribution in [0.25, 0.3) is 10.9 Å². The summed E-state index contributed by atoms with van der Waals surface area (Å²) in [4.78, 5) is 12.2. The first-order chi connectivity index (χ1) is 10.7. The summed E-state index contributed by atoms with van der Waals surface area (Å²) in [7, 11) is 0. The summed E-state index contributed by atoms with van der Waals surface area (Å²) in [6.45, 7) is 2.25. The van der Waals surface area contributed by atoms with Crippen LogP contribution >= 0.6 is 0 Å². The van der Waals surface area contributed by atoms with Crippen LogP contribution in [0.4, 0.5) is 11.4 Å². The molecule has 22 heavy (non-hydrogen) atoms. The van der Waals surface area contributed by atoms with Gasteiger partial charge in [0.05, 0.1) is 11.7 Å². The van der Waals surface area contributed by atoms with Crippen LogP contribution < -0.4 is 11.1 Å². The molecule has 0 spiro atoms. The highest BCUT2D eigenvalue weighted by Gasteiger charge is 2.08. The second kappa shape index (κ2) is 5.89. The molecule has 5 heteroatoms. The standard InChI is InChI=1S/C17H18N4O/c1-2-12-3-7-15(8-4-12)20-17(22)11-21-16-9-14(18)6-5-13(16)10-19-21/h3-10H,2,11,18H2,1H3,(H,20,22). The first-order valence-electron chi connectivity index (χ1n) is 7.25. The molecule has 0 bridgehead atoms. The molecule has 0 radical (unpaired) electrons. The molecule has 3 N–H and O–H groups in total. The monoisotopic (exact) mass is 294 g/mol. The van der Waals surface area contributed by atoms with Gasteiger partial charge in [-0.2, -0.15) is 5.10 Å². The van der Waals surface area contributed by atoms with Crippen molar-refractivity contribution in [3.8, 4) is 0 Å². The Morgan fingerprint density at radius 2 is 2.00 bits per heavy atom. The topological polar surface area (TPSA) is 72.9 Å². The van der Waals surface area contributed by atoms with Crippen LogP contribution in [0.5, 0.6) is 0 Å².